The molecule has 3 nitrogen and oxygen atoms in total. The van der Waals surface area contributed by atoms with E-state index in [4.69, 9.17) is 4.42 Å². The Balaban J connectivity index is 1.97. The number of aromatic nitrogens is 2. The number of unbranched alkanes of at least 4 members (excludes halogenated alkanes) is 2. The third-order valence-corrected chi connectivity index (χ3v) is 3.36. The molecule has 0 spiro atoms. The lowest BCUT2D eigenvalue weighted by molar-refractivity contribution is 0.465. The molecule has 0 N–H and O–H groups in total. The number of aryl methyl sites for hydroxylation is 4. The van der Waals surface area contributed by atoms with E-state index in [1.165, 1.54) is 18.4 Å². The number of hydrogen-bond donors (Lipinski definition) is 0. The molecule has 1 heterocycles. The molecule has 0 bridgehead atoms. The van der Waals surface area contributed by atoms with Gasteiger partial charge >= 0.3 is 0 Å². The number of rotatable bonds is 7. The fourth-order valence-corrected chi connectivity index (χ4v) is 2.23. The standard InChI is InChI=1S/C16H21FN2O/c1-3-4-5-6-13-7-9-15(17)14(11-13)8-10-16-19-18-12(2)20-16/h7,9,11H,3-6,8,10H2,1-2H3. The van der Waals surface area contributed by atoms with Gasteiger partial charge in [0.15, 0.2) is 0 Å². The van der Waals surface area contributed by atoms with Gasteiger partial charge in [-0.05, 0) is 36.5 Å². The molecular formula is C16H21FN2O. The Morgan fingerprint density at radius 2 is 1.95 bits per heavy atom. The summed E-state index contributed by atoms with van der Waals surface area (Å²) in [5.41, 5.74) is 1.94. The van der Waals surface area contributed by atoms with Crippen molar-refractivity contribution in [3.8, 4) is 0 Å². The van der Waals surface area contributed by atoms with Crippen molar-refractivity contribution in [1.82, 2.24) is 10.2 Å². The van der Waals surface area contributed by atoms with Crippen LogP contribution in [0.15, 0.2) is 22.6 Å². The third-order valence-electron chi connectivity index (χ3n) is 3.36. The molecule has 0 radical (unpaired) electrons. The predicted molar refractivity (Wildman–Crippen MR) is 76.1 cm³/mol. The minimum Gasteiger partial charge on any atom is -0.426 e. The normalized spacial score (nSPS) is 10.9. The van der Waals surface area contributed by atoms with Crippen molar-refractivity contribution in [2.75, 3.05) is 0 Å². The molecule has 0 atom stereocenters. The van der Waals surface area contributed by atoms with Crippen molar-refractivity contribution < 1.29 is 8.81 Å². The number of benzene rings is 1. The van der Waals surface area contributed by atoms with Crippen LogP contribution in [0.25, 0.3) is 0 Å². The smallest absolute Gasteiger partial charge is 0.216 e. The van der Waals surface area contributed by atoms with Crippen molar-refractivity contribution in [3.63, 3.8) is 0 Å². The van der Waals surface area contributed by atoms with E-state index >= 15 is 0 Å². The molecule has 0 aliphatic rings. The highest BCUT2D eigenvalue weighted by Gasteiger charge is 2.07. The lowest BCUT2D eigenvalue weighted by Gasteiger charge is -2.06. The molecule has 0 aliphatic heterocycles. The summed E-state index contributed by atoms with van der Waals surface area (Å²) < 4.78 is 19.1. The molecule has 1 aromatic heterocycles. The van der Waals surface area contributed by atoms with Crippen LogP contribution in [0.5, 0.6) is 0 Å². The quantitative estimate of drug-likeness (QED) is 0.716. The maximum atomic E-state index is 13.8. The number of halogens is 1. The molecule has 0 saturated heterocycles. The summed E-state index contributed by atoms with van der Waals surface area (Å²) in [5, 5.41) is 7.71. The molecule has 0 amide bonds. The first-order valence-electron chi connectivity index (χ1n) is 7.25. The first kappa shape index (κ1) is 14.7. The van der Waals surface area contributed by atoms with Crippen molar-refractivity contribution in [3.05, 3.63) is 46.9 Å². The summed E-state index contributed by atoms with van der Waals surface area (Å²) in [4.78, 5) is 0. The minimum absolute atomic E-state index is 0.152. The summed E-state index contributed by atoms with van der Waals surface area (Å²) in [5.74, 6) is 0.965. The molecule has 1 aromatic carbocycles. The fourth-order valence-electron chi connectivity index (χ4n) is 2.23. The van der Waals surface area contributed by atoms with Crippen molar-refractivity contribution >= 4 is 0 Å². The SMILES string of the molecule is CCCCCc1ccc(F)c(CCc2nnc(C)o2)c1. The second-order valence-electron chi connectivity index (χ2n) is 5.10. The zero-order chi connectivity index (χ0) is 14.4. The van der Waals surface area contributed by atoms with Crippen LogP contribution in [0.1, 0.15) is 49.1 Å². The topological polar surface area (TPSA) is 38.9 Å². The van der Waals surface area contributed by atoms with Gasteiger partial charge in [-0.15, -0.1) is 10.2 Å². The van der Waals surface area contributed by atoms with Gasteiger partial charge in [0.1, 0.15) is 5.82 Å². The monoisotopic (exact) mass is 276 g/mol. The van der Waals surface area contributed by atoms with E-state index in [0.717, 1.165) is 18.4 Å². The first-order valence-corrected chi connectivity index (χ1v) is 7.25. The predicted octanol–water partition coefficient (Wildman–Crippen LogP) is 4.04. The van der Waals surface area contributed by atoms with Crippen LogP contribution in [-0.2, 0) is 19.3 Å². The van der Waals surface area contributed by atoms with Gasteiger partial charge in [0, 0.05) is 13.3 Å². The lowest BCUT2D eigenvalue weighted by atomic mass is 10.0. The van der Waals surface area contributed by atoms with Crippen LogP contribution < -0.4 is 0 Å². The van der Waals surface area contributed by atoms with Gasteiger partial charge < -0.3 is 4.42 Å². The molecule has 0 fully saturated rings. The van der Waals surface area contributed by atoms with Crippen molar-refractivity contribution in [1.29, 1.82) is 0 Å². The Hall–Kier alpha value is -1.71. The number of nitrogens with zero attached hydrogens (tertiary/aromatic N) is 2. The van der Waals surface area contributed by atoms with E-state index in [2.05, 4.69) is 17.1 Å². The van der Waals surface area contributed by atoms with Crippen LogP contribution in [0, 0.1) is 12.7 Å². The van der Waals surface area contributed by atoms with E-state index in [1.807, 2.05) is 12.1 Å². The Bertz CT molecular complexity index is 551. The molecular weight excluding hydrogens is 255 g/mol. The van der Waals surface area contributed by atoms with Crippen molar-refractivity contribution in [2.24, 2.45) is 0 Å². The molecule has 2 rings (SSSR count). The van der Waals surface area contributed by atoms with Gasteiger partial charge in [-0.1, -0.05) is 31.9 Å². The van der Waals surface area contributed by atoms with Gasteiger partial charge in [-0.3, -0.25) is 0 Å². The average Bonchev–Trinajstić information content (AvgIpc) is 2.85. The maximum Gasteiger partial charge on any atom is 0.216 e. The molecule has 4 heteroatoms. The van der Waals surface area contributed by atoms with E-state index < -0.39 is 0 Å². The maximum absolute atomic E-state index is 13.8. The summed E-state index contributed by atoms with van der Waals surface area (Å²) >= 11 is 0. The molecule has 2 aromatic rings. The Labute approximate surface area is 119 Å². The molecule has 0 saturated carbocycles. The fraction of sp³-hybridized carbons (Fsp3) is 0.500. The Morgan fingerprint density at radius 1 is 1.10 bits per heavy atom. The van der Waals surface area contributed by atoms with Crippen molar-refractivity contribution in [2.45, 2.75) is 52.4 Å². The van der Waals surface area contributed by atoms with Gasteiger partial charge in [0.05, 0.1) is 0 Å². The zero-order valence-corrected chi connectivity index (χ0v) is 12.2. The lowest BCUT2D eigenvalue weighted by Crippen LogP contribution is -1.97. The van der Waals surface area contributed by atoms with Gasteiger partial charge in [-0.2, -0.15) is 0 Å². The summed E-state index contributed by atoms with van der Waals surface area (Å²) in [7, 11) is 0. The van der Waals surface area contributed by atoms with Crippen LogP contribution in [0.2, 0.25) is 0 Å². The van der Waals surface area contributed by atoms with Gasteiger partial charge in [0.2, 0.25) is 11.8 Å². The van der Waals surface area contributed by atoms with E-state index in [-0.39, 0.29) is 5.82 Å². The first-order chi connectivity index (χ1) is 9.69. The highest BCUT2D eigenvalue weighted by Crippen LogP contribution is 2.15. The van der Waals surface area contributed by atoms with Gasteiger partial charge in [-0.25, -0.2) is 4.39 Å². The number of hydrogen-bond acceptors (Lipinski definition) is 3. The molecule has 20 heavy (non-hydrogen) atoms. The van der Waals surface area contributed by atoms with Crippen LogP contribution in [0.3, 0.4) is 0 Å². The van der Waals surface area contributed by atoms with Crippen LogP contribution in [0.4, 0.5) is 4.39 Å². The highest BCUT2D eigenvalue weighted by atomic mass is 19.1. The second-order valence-corrected chi connectivity index (χ2v) is 5.10. The summed E-state index contributed by atoms with van der Waals surface area (Å²) in [6.45, 7) is 3.94. The van der Waals surface area contributed by atoms with Crippen LogP contribution >= 0.6 is 0 Å². The second kappa shape index (κ2) is 7.17. The zero-order valence-electron chi connectivity index (χ0n) is 12.2. The Kier molecular flexibility index (Phi) is 5.27. The van der Waals surface area contributed by atoms with E-state index in [0.29, 0.717) is 24.6 Å². The molecule has 0 unspecified atom stereocenters. The van der Waals surface area contributed by atoms with Gasteiger partial charge in [0.25, 0.3) is 0 Å². The van der Waals surface area contributed by atoms with E-state index in [9.17, 15) is 4.39 Å². The molecule has 108 valence electrons. The molecule has 0 aliphatic carbocycles. The summed E-state index contributed by atoms with van der Waals surface area (Å²) in [6.07, 6.45) is 5.76. The minimum atomic E-state index is -0.152. The Morgan fingerprint density at radius 3 is 2.65 bits per heavy atom. The van der Waals surface area contributed by atoms with Crippen LogP contribution in [-0.4, -0.2) is 10.2 Å². The highest BCUT2D eigenvalue weighted by molar-refractivity contribution is 5.25. The largest absolute Gasteiger partial charge is 0.426 e. The summed E-state index contributed by atoms with van der Waals surface area (Å²) in [6, 6.07) is 5.41. The third kappa shape index (κ3) is 4.15. The van der Waals surface area contributed by atoms with E-state index in [1.54, 1.807) is 13.0 Å². The average molecular weight is 276 g/mol.